The molecule has 2 atom stereocenters. The summed E-state index contributed by atoms with van der Waals surface area (Å²) in [6.45, 7) is 7.34. The second-order valence-corrected chi connectivity index (χ2v) is 10.2. The van der Waals surface area contributed by atoms with Gasteiger partial charge in [0.1, 0.15) is 11.9 Å². The molecule has 1 spiro atoms. The fourth-order valence-corrected chi connectivity index (χ4v) is 4.96. The summed E-state index contributed by atoms with van der Waals surface area (Å²) in [6, 6.07) is 17.4. The highest BCUT2D eigenvalue weighted by atomic mass is 16.6. The summed E-state index contributed by atoms with van der Waals surface area (Å²) in [5.74, 6) is 0.602. The number of azo groups is 1. The lowest BCUT2D eigenvalue weighted by Crippen LogP contribution is -2.42. The topological polar surface area (TPSA) is 66.6 Å². The van der Waals surface area contributed by atoms with Crippen LogP contribution in [0, 0.1) is 5.41 Å². The van der Waals surface area contributed by atoms with Crippen molar-refractivity contribution >= 4 is 12.4 Å². The molecule has 3 aliphatic rings. The fraction of sp³-hybridized carbons (Fsp3) is 0.462. The molecule has 1 saturated heterocycles. The SMILES string of the molecule is CC(C)(C)OC(=O)N1CCC2(CC1)CC2c1ccc(-c2ccc(C3N=CN=N3)cc2)cc1. The van der Waals surface area contributed by atoms with Gasteiger partial charge >= 0.3 is 6.09 Å². The first-order valence-corrected chi connectivity index (χ1v) is 11.4. The van der Waals surface area contributed by atoms with Crippen LogP contribution in [0.25, 0.3) is 11.1 Å². The molecule has 166 valence electrons. The molecular weight excluding hydrogens is 400 g/mol. The number of piperidine rings is 1. The molecule has 32 heavy (non-hydrogen) atoms. The van der Waals surface area contributed by atoms with Gasteiger partial charge in [0.2, 0.25) is 0 Å². The summed E-state index contributed by atoms with van der Waals surface area (Å²) in [7, 11) is 0. The fourth-order valence-electron chi connectivity index (χ4n) is 4.96. The van der Waals surface area contributed by atoms with Crippen molar-refractivity contribution in [1.29, 1.82) is 0 Å². The van der Waals surface area contributed by atoms with Crippen molar-refractivity contribution in [2.45, 2.75) is 57.7 Å². The van der Waals surface area contributed by atoms with E-state index in [-0.39, 0.29) is 12.3 Å². The average molecular weight is 431 g/mol. The van der Waals surface area contributed by atoms with Crippen molar-refractivity contribution in [2.24, 2.45) is 20.6 Å². The van der Waals surface area contributed by atoms with Crippen LogP contribution in [0.15, 0.2) is 63.8 Å². The smallest absolute Gasteiger partial charge is 0.410 e. The number of amides is 1. The molecule has 2 aliphatic heterocycles. The summed E-state index contributed by atoms with van der Waals surface area (Å²) < 4.78 is 5.54. The molecular formula is C26H30N4O2. The van der Waals surface area contributed by atoms with E-state index in [0.29, 0.717) is 11.3 Å². The van der Waals surface area contributed by atoms with Crippen LogP contribution in [-0.2, 0) is 4.74 Å². The van der Waals surface area contributed by atoms with Gasteiger partial charge in [-0.25, -0.2) is 9.79 Å². The second-order valence-electron chi connectivity index (χ2n) is 10.2. The molecule has 1 aliphatic carbocycles. The Labute approximate surface area is 189 Å². The number of hydrogen-bond acceptors (Lipinski definition) is 5. The maximum Gasteiger partial charge on any atom is 0.410 e. The monoisotopic (exact) mass is 430 g/mol. The molecule has 2 aromatic carbocycles. The van der Waals surface area contributed by atoms with E-state index in [1.165, 1.54) is 29.4 Å². The largest absolute Gasteiger partial charge is 0.444 e. The van der Waals surface area contributed by atoms with Crippen molar-refractivity contribution in [1.82, 2.24) is 4.90 Å². The van der Waals surface area contributed by atoms with Gasteiger partial charge in [-0.3, -0.25) is 0 Å². The lowest BCUT2D eigenvalue weighted by molar-refractivity contribution is 0.0170. The minimum Gasteiger partial charge on any atom is -0.444 e. The van der Waals surface area contributed by atoms with Crippen LogP contribution in [0.1, 0.15) is 63.2 Å². The maximum absolute atomic E-state index is 12.4. The molecule has 1 saturated carbocycles. The van der Waals surface area contributed by atoms with E-state index in [9.17, 15) is 4.79 Å². The summed E-state index contributed by atoms with van der Waals surface area (Å²) in [5.41, 5.74) is 4.79. The summed E-state index contributed by atoms with van der Waals surface area (Å²) in [4.78, 5) is 18.5. The van der Waals surface area contributed by atoms with Gasteiger partial charge in [-0.2, -0.15) is 5.11 Å². The first-order valence-electron chi connectivity index (χ1n) is 11.4. The van der Waals surface area contributed by atoms with Crippen molar-refractivity contribution in [3.63, 3.8) is 0 Å². The Morgan fingerprint density at radius 1 is 0.969 bits per heavy atom. The zero-order chi connectivity index (χ0) is 22.3. The molecule has 6 nitrogen and oxygen atoms in total. The van der Waals surface area contributed by atoms with Crippen LogP contribution in [0.2, 0.25) is 0 Å². The number of benzene rings is 2. The molecule has 0 bridgehead atoms. The minimum atomic E-state index is -0.439. The molecule has 5 rings (SSSR count). The third-order valence-corrected chi connectivity index (χ3v) is 6.89. The Balaban J connectivity index is 1.19. The second kappa shape index (κ2) is 7.84. The van der Waals surface area contributed by atoms with E-state index >= 15 is 0 Å². The molecule has 2 fully saturated rings. The minimum absolute atomic E-state index is 0.178. The van der Waals surface area contributed by atoms with E-state index in [4.69, 9.17) is 4.74 Å². The Bertz CT molecular complexity index is 1030. The zero-order valence-corrected chi connectivity index (χ0v) is 19.0. The summed E-state index contributed by atoms with van der Waals surface area (Å²) in [5, 5.41) is 7.92. The average Bonchev–Trinajstić information content (AvgIpc) is 3.20. The highest BCUT2D eigenvalue weighted by Crippen LogP contribution is 2.65. The molecule has 0 radical (unpaired) electrons. The number of carbonyl (C=O) groups is 1. The molecule has 1 amide bonds. The van der Waals surface area contributed by atoms with E-state index < -0.39 is 5.60 Å². The molecule has 6 heteroatoms. The Kier molecular flexibility index (Phi) is 5.11. The highest BCUT2D eigenvalue weighted by Gasteiger charge is 2.55. The van der Waals surface area contributed by atoms with Crippen LogP contribution in [-0.4, -0.2) is 36.0 Å². The van der Waals surface area contributed by atoms with Gasteiger partial charge in [0.05, 0.1) is 0 Å². The first kappa shape index (κ1) is 20.9. The number of likely N-dealkylation sites (tertiary alicyclic amines) is 1. The number of ether oxygens (including phenoxy) is 1. The van der Waals surface area contributed by atoms with Gasteiger partial charge in [-0.1, -0.05) is 48.5 Å². The van der Waals surface area contributed by atoms with Gasteiger partial charge in [-0.15, -0.1) is 5.11 Å². The van der Waals surface area contributed by atoms with Crippen molar-refractivity contribution in [3.05, 3.63) is 59.7 Å². The Morgan fingerprint density at radius 2 is 1.56 bits per heavy atom. The molecule has 0 N–H and O–H groups in total. The van der Waals surface area contributed by atoms with Gasteiger partial charge < -0.3 is 9.64 Å². The van der Waals surface area contributed by atoms with Crippen LogP contribution in [0.4, 0.5) is 4.79 Å². The van der Waals surface area contributed by atoms with E-state index in [1.807, 2.05) is 25.7 Å². The zero-order valence-electron chi connectivity index (χ0n) is 19.0. The third-order valence-electron chi connectivity index (χ3n) is 6.89. The van der Waals surface area contributed by atoms with Crippen molar-refractivity contribution < 1.29 is 9.53 Å². The summed E-state index contributed by atoms with van der Waals surface area (Å²) >= 11 is 0. The first-order chi connectivity index (χ1) is 15.3. The van der Waals surface area contributed by atoms with Crippen LogP contribution < -0.4 is 0 Å². The van der Waals surface area contributed by atoms with Gasteiger partial charge in [0, 0.05) is 18.7 Å². The lowest BCUT2D eigenvalue weighted by atomic mass is 9.88. The number of rotatable bonds is 3. The highest BCUT2D eigenvalue weighted by molar-refractivity contribution is 5.68. The quantitative estimate of drug-likeness (QED) is 0.569. The third kappa shape index (κ3) is 4.18. The standard InChI is InChI=1S/C26H30N4O2/c1-25(2,3)32-24(31)30-14-12-26(13-15-30)16-22(26)20-8-4-18(5-9-20)19-6-10-21(11-7-19)23-27-17-28-29-23/h4-11,17,22-23H,12-16H2,1-3H3. The van der Waals surface area contributed by atoms with Crippen molar-refractivity contribution in [3.8, 4) is 11.1 Å². The van der Waals surface area contributed by atoms with E-state index in [0.717, 1.165) is 31.5 Å². The maximum atomic E-state index is 12.4. The predicted molar refractivity (Wildman–Crippen MR) is 125 cm³/mol. The van der Waals surface area contributed by atoms with Crippen molar-refractivity contribution in [2.75, 3.05) is 13.1 Å². The number of nitrogens with zero attached hydrogens (tertiary/aromatic N) is 4. The Morgan fingerprint density at radius 3 is 2.09 bits per heavy atom. The molecule has 2 unspecified atom stereocenters. The lowest BCUT2D eigenvalue weighted by Gasteiger charge is -2.34. The number of aliphatic imine (C=N–C) groups is 1. The number of hydrogen-bond donors (Lipinski definition) is 0. The van der Waals surface area contributed by atoms with Gasteiger partial charge in [-0.05, 0) is 68.1 Å². The van der Waals surface area contributed by atoms with Crippen LogP contribution in [0.5, 0.6) is 0 Å². The Hall–Kier alpha value is -3.02. The molecule has 2 heterocycles. The number of carbonyl (C=O) groups excluding carboxylic acids is 1. The van der Waals surface area contributed by atoms with E-state index in [1.54, 1.807) is 0 Å². The normalized spacial score (nSPS) is 23.5. The van der Waals surface area contributed by atoms with E-state index in [2.05, 4.69) is 63.8 Å². The predicted octanol–water partition coefficient (Wildman–Crippen LogP) is 6.35. The molecule has 0 aromatic heterocycles. The van der Waals surface area contributed by atoms with Crippen LogP contribution in [0.3, 0.4) is 0 Å². The van der Waals surface area contributed by atoms with Crippen LogP contribution >= 0.6 is 0 Å². The summed E-state index contributed by atoms with van der Waals surface area (Å²) in [6.07, 6.45) is 4.47. The van der Waals surface area contributed by atoms with Gasteiger partial charge in [0.15, 0.2) is 6.17 Å². The molecule has 2 aromatic rings. The van der Waals surface area contributed by atoms with Gasteiger partial charge in [0.25, 0.3) is 0 Å².